The summed E-state index contributed by atoms with van der Waals surface area (Å²) in [5, 5.41) is 12.8. The lowest BCUT2D eigenvalue weighted by Crippen LogP contribution is -2.45. The van der Waals surface area contributed by atoms with Crippen molar-refractivity contribution in [3.63, 3.8) is 0 Å². The number of benzene rings is 1. The monoisotopic (exact) mass is 624 g/mol. The van der Waals surface area contributed by atoms with Gasteiger partial charge in [0.05, 0.1) is 26.5 Å². The van der Waals surface area contributed by atoms with Gasteiger partial charge in [0.25, 0.3) is 0 Å². The van der Waals surface area contributed by atoms with Crippen LogP contribution >= 0.6 is 0 Å². The van der Waals surface area contributed by atoms with Crippen LogP contribution in [0.3, 0.4) is 0 Å². The molecule has 0 atom stereocenters. The fourth-order valence-electron chi connectivity index (χ4n) is 5.55. The van der Waals surface area contributed by atoms with Gasteiger partial charge in [0, 0.05) is 48.2 Å². The first-order chi connectivity index (χ1) is 22.5. The van der Waals surface area contributed by atoms with E-state index in [4.69, 9.17) is 14.2 Å². The summed E-state index contributed by atoms with van der Waals surface area (Å²) in [4.78, 5) is 37.3. The summed E-state index contributed by atoms with van der Waals surface area (Å²) in [7, 11) is 1.51. The minimum absolute atomic E-state index is 0.0600. The first kappa shape index (κ1) is 30.8. The maximum Gasteiger partial charge on any atom is 0.316 e. The smallest absolute Gasteiger partial charge is 0.316 e. The number of aromatic nitrogens is 5. The molecule has 0 bridgehead atoms. The Balaban J connectivity index is 1.15. The number of carbonyl (C=O) groups excluding carboxylic acids is 1. The molecular weight excluding hydrogens is 591 g/mol. The zero-order valence-corrected chi connectivity index (χ0v) is 25.3. The summed E-state index contributed by atoms with van der Waals surface area (Å²) >= 11 is 0. The number of nitriles is 1. The average molecular weight is 625 g/mol. The molecular formula is C33H33FN8O4. The van der Waals surface area contributed by atoms with Crippen molar-refractivity contribution in [1.29, 1.82) is 5.26 Å². The molecule has 1 aliphatic heterocycles. The summed E-state index contributed by atoms with van der Waals surface area (Å²) in [5.41, 5.74) is 2.34. The maximum atomic E-state index is 14.3. The van der Waals surface area contributed by atoms with Gasteiger partial charge in [-0.05, 0) is 55.9 Å². The Morgan fingerprint density at radius 1 is 1.02 bits per heavy atom. The van der Waals surface area contributed by atoms with Gasteiger partial charge in [-0.15, -0.1) is 0 Å². The lowest BCUT2D eigenvalue weighted by molar-refractivity contribution is -0.119. The fourth-order valence-corrected chi connectivity index (χ4v) is 5.55. The Labute approximate surface area is 265 Å². The van der Waals surface area contributed by atoms with Gasteiger partial charge in [-0.25, -0.2) is 24.3 Å². The molecule has 46 heavy (non-hydrogen) atoms. The quantitative estimate of drug-likeness (QED) is 0.251. The van der Waals surface area contributed by atoms with Crippen molar-refractivity contribution >= 4 is 17.7 Å². The molecule has 12 nitrogen and oxygen atoms in total. The number of nitrogens with one attached hydrogen (secondary N) is 1. The Hall–Kier alpha value is -5.22. The van der Waals surface area contributed by atoms with Gasteiger partial charge in [0.15, 0.2) is 0 Å². The molecule has 1 aliphatic carbocycles. The van der Waals surface area contributed by atoms with Gasteiger partial charge in [-0.3, -0.25) is 9.69 Å². The molecule has 0 spiro atoms. The standard InChI is InChI=1S/C33H33FN8O4/c1-44-33-38-17-24(18-39-33)22-6-12-29(36-15-22)42(30(43)13-7-21-4-2-3-5-28(21)34)26-10-8-25(9-11-26)40-32-37-16-23(14-35)31(41-32)46-27-19-45-20-27/h2-6,12,15-18,25-27H,7-11,13,19-20H2,1H3,(H,37,40,41)/t25-,26-. The highest BCUT2D eigenvalue weighted by atomic mass is 19.1. The number of methoxy groups -OCH3 is 1. The van der Waals surface area contributed by atoms with Gasteiger partial charge < -0.3 is 19.5 Å². The van der Waals surface area contributed by atoms with E-state index in [0.29, 0.717) is 43.4 Å². The molecule has 1 N–H and O–H groups in total. The molecule has 4 aromatic rings. The molecule has 3 aromatic heterocycles. The van der Waals surface area contributed by atoms with Crippen LogP contribution in [0.5, 0.6) is 11.9 Å². The number of carbonyl (C=O) groups is 1. The van der Waals surface area contributed by atoms with Crippen LogP contribution in [0.2, 0.25) is 0 Å². The Morgan fingerprint density at radius 2 is 1.78 bits per heavy atom. The normalized spacial score (nSPS) is 17.8. The highest BCUT2D eigenvalue weighted by Crippen LogP contribution is 2.31. The van der Waals surface area contributed by atoms with Gasteiger partial charge in [-0.1, -0.05) is 18.2 Å². The zero-order chi connectivity index (χ0) is 31.9. The SMILES string of the molecule is COc1ncc(-c2ccc(N(C(=O)CCc3ccccc3F)[C@H]3CC[C@H](Nc4ncc(C#N)c(OC5COC5)n4)CC3)nc2)cn1. The van der Waals surface area contributed by atoms with Crippen LogP contribution in [-0.4, -0.2) is 69.3 Å². The Kier molecular flexibility index (Phi) is 9.54. The lowest BCUT2D eigenvalue weighted by atomic mass is 9.89. The predicted octanol–water partition coefficient (Wildman–Crippen LogP) is 4.51. The van der Waals surface area contributed by atoms with Crippen LogP contribution in [0.1, 0.15) is 43.2 Å². The van der Waals surface area contributed by atoms with Crippen molar-refractivity contribution in [2.75, 3.05) is 30.5 Å². The number of ether oxygens (including phenoxy) is 3. The molecule has 2 aliphatic rings. The van der Waals surface area contributed by atoms with E-state index < -0.39 is 0 Å². The molecule has 4 heterocycles. The van der Waals surface area contributed by atoms with Crippen molar-refractivity contribution < 1.29 is 23.4 Å². The van der Waals surface area contributed by atoms with Gasteiger partial charge >= 0.3 is 6.01 Å². The van der Waals surface area contributed by atoms with E-state index >= 15 is 0 Å². The maximum absolute atomic E-state index is 14.3. The number of aryl methyl sites for hydroxylation is 1. The van der Waals surface area contributed by atoms with Crippen LogP contribution in [0.15, 0.2) is 61.2 Å². The molecule has 6 rings (SSSR count). The summed E-state index contributed by atoms with van der Waals surface area (Å²) in [6.45, 7) is 0.926. The van der Waals surface area contributed by atoms with E-state index in [2.05, 4.69) is 36.3 Å². The van der Waals surface area contributed by atoms with Crippen LogP contribution in [0.25, 0.3) is 11.1 Å². The van der Waals surface area contributed by atoms with Gasteiger partial charge in [0.1, 0.15) is 29.4 Å². The molecule has 0 unspecified atom stereocenters. The number of rotatable bonds is 11. The number of hydrogen-bond donors (Lipinski definition) is 1. The van der Waals surface area contributed by atoms with E-state index in [-0.39, 0.29) is 60.2 Å². The molecule has 1 saturated heterocycles. The predicted molar refractivity (Wildman–Crippen MR) is 166 cm³/mol. The molecule has 1 saturated carbocycles. The highest BCUT2D eigenvalue weighted by Gasteiger charge is 2.31. The summed E-state index contributed by atoms with van der Waals surface area (Å²) in [5.74, 6) is 0.715. The number of pyridine rings is 1. The van der Waals surface area contributed by atoms with Crippen LogP contribution in [0.4, 0.5) is 16.2 Å². The second-order valence-corrected chi connectivity index (χ2v) is 11.2. The van der Waals surface area contributed by atoms with Gasteiger partial charge in [0.2, 0.25) is 17.7 Å². The molecule has 1 amide bonds. The number of amides is 1. The minimum Gasteiger partial charge on any atom is -0.468 e. The van der Waals surface area contributed by atoms with Crippen molar-refractivity contribution in [3.05, 3.63) is 78.1 Å². The molecule has 13 heteroatoms. The summed E-state index contributed by atoms with van der Waals surface area (Å²) in [6, 6.07) is 12.5. The van der Waals surface area contributed by atoms with E-state index in [0.717, 1.165) is 24.0 Å². The van der Waals surface area contributed by atoms with Crippen LogP contribution in [-0.2, 0) is 16.0 Å². The van der Waals surface area contributed by atoms with Gasteiger partial charge in [-0.2, -0.15) is 10.2 Å². The van der Waals surface area contributed by atoms with Crippen LogP contribution < -0.4 is 19.7 Å². The first-order valence-electron chi connectivity index (χ1n) is 15.2. The average Bonchev–Trinajstić information content (AvgIpc) is 3.07. The fraction of sp³-hybridized carbons (Fsp3) is 0.364. The van der Waals surface area contributed by atoms with Crippen molar-refractivity contribution in [2.24, 2.45) is 0 Å². The largest absolute Gasteiger partial charge is 0.468 e. The third kappa shape index (κ3) is 7.18. The van der Waals surface area contributed by atoms with Crippen molar-refractivity contribution in [1.82, 2.24) is 24.9 Å². The minimum atomic E-state index is -0.322. The van der Waals surface area contributed by atoms with E-state index in [1.54, 1.807) is 41.7 Å². The summed E-state index contributed by atoms with van der Waals surface area (Å²) in [6.07, 6.45) is 9.68. The third-order valence-electron chi connectivity index (χ3n) is 8.13. The van der Waals surface area contributed by atoms with Crippen molar-refractivity contribution in [2.45, 2.75) is 56.7 Å². The number of nitrogens with zero attached hydrogens (tertiary/aromatic N) is 7. The Bertz CT molecular complexity index is 1690. The highest BCUT2D eigenvalue weighted by molar-refractivity contribution is 5.93. The van der Waals surface area contributed by atoms with Crippen molar-refractivity contribution in [3.8, 4) is 29.1 Å². The first-order valence-corrected chi connectivity index (χ1v) is 15.2. The molecule has 0 radical (unpaired) electrons. The molecule has 2 fully saturated rings. The number of hydrogen-bond acceptors (Lipinski definition) is 11. The topological polar surface area (TPSA) is 148 Å². The number of anilines is 2. The zero-order valence-electron chi connectivity index (χ0n) is 25.3. The molecule has 236 valence electrons. The molecule has 1 aromatic carbocycles. The summed E-state index contributed by atoms with van der Waals surface area (Å²) < 4.78 is 30.4. The second-order valence-electron chi connectivity index (χ2n) is 11.2. The van der Waals surface area contributed by atoms with Crippen LogP contribution in [0, 0.1) is 17.1 Å². The number of halogens is 1. The Morgan fingerprint density at radius 3 is 2.43 bits per heavy atom. The third-order valence-corrected chi connectivity index (χ3v) is 8.13. The van der Waals surface area contributed by atoms with E-state index in [1.807, 2.05) is 12.1 Å². The van der Waals surface area contributed by atoms with E-state index in [9.17, 15) is 14.4 Å². The van der Waals surface area contributed by atoms with E-state index in [1.165, 1.54) is 19.4 Å². The second kappa shape index (κ2) is 14.3. The lowest BCUT2D eigenvalue weighted by Gasteiger charge is -2.36.